The molecule has 0 unspecified atom stereocenters. The second-order valence-electron chi connectivity index (χ2n) is 4.11. The Bertz CT molecular complexity index is 172. The van der Waals surface area contributed by atoms with Crippen molar-refractivity contribution >= 4 is 5.91 Å². The number of ether oxygens (including phenoxy) is 1. The van der Waals surface area contributed by atoms with E-state index in [0.29, 0.717) is 6.54 Å². The minimum Gasteiger partial charge on any atom is -0.385 e. The molecule has 4 heteroatoms. The highest BCUT2D eigenvalue weighted by Crippen LogP contribution is 1.98. The summed E-state index contributed by atoms with van der Waals surface area (Å²) in [5, 5.41) is 2.84. The Kier molecular flexibility index (Phi) is 8.33. The van der Waals surface area contributed by atoms with E-state index in [4.69, 9.17) is 10.5 Å². The van der Waals surface area contributed by atoms with Gasteiger partial charge in [0.15, 0.2) is 0 Å². The zero-order valence-corrected chi connectivity index (χ0v) is 10.1. The van der Waals surface area contributed by atoms with Gasteiger partial charge in [0.1, 0.15) is 0 Å². The summed E-state index contributed by atoms with van der Waals surface area (Å²) in [6.45, 7) is 5.40. The van der Waals surface area contributed by atoms with Crippen LogP contribution < -0.4 is 11.1 Å². The lowest BCUT2D eigenvalue weighted by atomic mass is 10.1. The van der Waals surface area contributed by atoms with Gasteiger partial charge in [-0.05, 0) is 25.2 Å². The summed E-state index contributed by atoms with van der Waals surface area (Å²) in [7, 11) is 1.70. The molecule has 0 spiro atoms. The number of nitrogens with one attached hydrogen (secondary N) is 1. The molecule has 0 radical (unpaired) electrons. The predicted octanol–water partition coefficient (Wildman–Crippen LogP) is 0.903. The van der Waals surface area contributed by atoms with Gasteiger partial charge >= 0.3 is 0 Å². The van der Waals surface area contributed by atoms with E-state index in [9.17, 15) is 4.79 Å². The molecule has 0 aromatic rings. The van der Waals surface area contributed by atoms with Crippen molar-refractivity contribution in [2.75, 3.05) is 20.3 Å². The Morgan fingerprint density at radius 3 is 2.53 bits per heavy atom. The molecule has 4 nitrogen and oxygen atoms in total. The van der Waals surface area contributed by atoms with Crippen LogP contribution in [-0.4, -0.2) is 32.2 Å². The first-order valence-corrected chi connectivity index (χ1v) is 5.61. The third-order valence-corrected chi connectivity index (χ3v) is 2.35. The number of rotatable bonds is 8. The summed E-state index contributed by atoms with van der Waals surface area (Å²) >= 11 is 0. The normalized spacial score (nSPS) is 12.9. The van der Waals surface area contributed by atoms with Crippen LogP contribution in [0.3, 0.4) is 0 Å². The Hall–Kier alpha value is -0.610. The van der Waals surface area contributed by atoms with Gasteiger partial charge in [0.25, 0.3) is 0 Å². The fourth-order valence-corrected chi connectivity index (χ4v) is 1.18. The van der Waals surface area contributed by atoms with Crippen LogP contribution in [0.15, 0.2) is 0 Å². The number of unbranched alkanes of at least 4 members (excludes halogenated alkanes) is 2. The molecule has 0 aliphatic carbocycles. The lowest BCUT2D eigenvalue weighted by molar-refractivity contribution is -0.123. The van der Waals surface area contributed by atoms with Crippen molar-refractivity contribution in [1.29, 1.82) is 0 Å². The Morgan fingerprint density at radius 2 is 2.00 bits per heavy atom. The summed E-state index contributed by atoms with van der Waals surface area (Å²) in [5.41, 5.74) is 5.69. The van der Waals surface area contributed by atoms with Gasteiger partial charge in [0.05, 0.1) is 6.04 Å². The molecular formula is C11H24N2O2. The van der Waals surface area contributed by atoms with Gasteiger partial charge in [0, 0.05) is 20.3 Å². The van der Waals surface area contributed by atoms with Gasteiger partial charge in [-0.2, -0.15) is 0 Å². The SMILES string of the molecule is COCCCCCNC(=O)[C@H](N)C(C)C. The summed E-state index contributed by atoms with van der Waals surface area (Å²) in [5.74, 6) is 0.148. The first-order chi connectivity index (χ1) is 7.09. The minimum atomic E-state index is -0.385. The molecule has 0 aromatic carbocycles. The van der Waals surface area contributed by atoms with E-state index in [1.165, 1.54) is 0 Å². The smallest absolute Gasteiger partial charge is 0.237 e. The molecule has 0 heterocycles. The monoisotopic (exact) mass is 216 g/mol. The van der Waals surface area contributed by atoms with Crippen LogP contribution in [0.25, 0.3) is 0 Å². The molecule has 0 saturated heterocycles. The summed E-state index contributed by atoms with van der Waals surface area (Å²) in [6, 6.07) is -0.385. The molecule has 0 saturated carbocycles. The van der Waals surface area contributed by atoms with E-state index >= 15 is 0 Å². The number of nitrogens with two attached hydrogens (primary N) is 1. The molecule has 0 bridgehead atoms. The zero-order chi connectivity index (χ0) is 11.7. The zero-order valence-electron chi connectivity index (χ0n) is 10.1. The van der Waals surface area contributed by atoms with Crippen molar-refractivity contribution in [2.24, 2.45) is 11.7 Å². The molecule has 15 heavy (non-hydrogen) atoms. The van der Waals surface area contributed by atoms with Gasteiger partial charge in [-0.25, -0.2) is 0 Å². The lowest BCUT2D eigenvalue weighted by Crippen LogP contribution is -2.44. The van der Waals surface area contributed by atoms with Gasteiger partial charge in [-0.15, -0.1) is 0 Å². The highest BCUT2D eigenvalue weighted by atomic mass is 16.5. The number of methoxy groups -OCH3 is 1. The predicted molar refractivity (Wildman–Crippen MR) is 61.6 cm³/mol. The third-order valence-electron chi connectivity index (χ3n) is 2.35. The van der Waals surface area contributed by atoms with Crippen molar-refractivity contribution in [1.82, 2.24) is 5.32 Å². The highest BCUT2D eigenvalue weighted by Gasteiger charge is 2.15. The van der Waals surface area contributed by atoms with E-state index < -0.39 is 0 Å². The van der Waals surface area contributed by atoms with Crippen molar-refractivity contribution < 1.29 is 9.53 Å². The average Bonchev–Trinajstić information content (AvgIpc) is 2.21. The third kappa shape index (κ3) is 7.33. The van der Waals surface area contributed by atoms with Crippen LogP contribution in [0.2, 0.25) is 0 Å². The van der Waals surface area contributed by atoms with E-state index in [-0.39, 0.29) is 17.9 Å². The van der Waals surface area contributed by atoms with Crippen molar-refractivity contribution in [3.8, 4) is 0 Å². The molecule has 0 aliphatic heterocycles. The molecule has 1 amide bonds. The van der Waals surface area contributed by atoms with Gasteiger partial charge in [-0.3, -0.25) is 4.79 Å². The number of hydrogen-bond acceptors (Lipinski definition) is 3. The van der Waals surface area contributed by atoms with Gasteiger partial charge in [0.2, 0.25) is 5.91 Å². The van der Waals surface area contributed by atoms with Crippen LogP contribution in [0.4, 0.5) is 0 Å². The minimum absolute atomic E-state index is 0.0447. The largest absolute Gasteiger partial charge is 0.385 e. The summed E-state index contributed by atoms with van der Waals surface area (Å²) in [6.07, 6.45) is 3.10. The summed E-state index contributed by atoms with van der Waals surface area (Å²) < 4.78 is 4.93. The van der Waals surface area contributed by atoms with E-state index in [0.717, 1.165) is 25.9 Å². The number of carbonyl (C=O) groups excluding carboxylic acids is 1. The fraction of sp³-hybridized carbons (Fsp3) is 0.909. The van der Waals surface area contributed by atoms with Crippen molar-refractivity contribution in [2.45, 2.75) is 39.2 Å². The molecule has 1 atom stereocenters. The van der Waals surface area contributed by atoms with E-state index in [1.54, 1.807) is 7.11 Å². The molecular weight excluding hydrogens is 192 g/mol. The average molecular weight is 216 g/mol. The van der Waals surface area contributed by atoms with Crippen LogP contribution >= 0.6 is 0 Å². The Morgan fingerprint density at radius 1 is 1.33 bits per heavy atom. The van der Waals surface area contributed by atoms with E-state index in [1.807, 2.05) is 13.8 Å². The molecule has 0 rings (SSSR count). The maximum atomic E-state index is 11.4. The van der Waals surface area contributed by atoms with E-state index in [2.05, 4.69) is 5.32 Å². The topological polar surface area (TPSA) is 64.3 Å². The number of hydrogen-bond donors (Lipinski definition) is 2. The molecule has 3 N–H and O–H groups in total. The maximum absolute atomic E-state index is 11.4. The van der Waals surface area contributed by atoms with Crippen LogP contribution in [0.5, 0.6) is 0 Å². The second kappa shape index (κ2) is 8.68. The second-order valence-corrected chi connectivity index (χ2v) is 4.11. The molecule has 0 aliphatic rings. The Balaban J connectivity index is 3.39. The summed E-state index contributed by atoms with van der Waals surface area (Å²) in [4.78, 5) is 11.4. The standard InChI is InChI=1S/C11H24N2O2/c1-9(2)10(12)11(14)13-7-5-4-6-8-15-3/h9-10H,4-8,12H2,1-3H3,(H,13,14)/t10-/m1/s1. The first kappa shape index (κ1) is 14.4. The van der Waals surface area contributed by atoms with Gasteiger partial charge < -0.3 is 15.8 Å². The molecule has 0 fully saturated rings. The Labute approximate surface area is 92.6 Å². The van der Waals surface area contributed by atoms with Crippen LogP contribution in [0, 0.1) is 5.92 Å². The number of carbonyl (C=O) groups is 1. The van der Waals surface area contributed by atoms with Crippen LogP contribution in [-0.2, 0) is 9.53 Å². The highest BCUT2D eigenvalue weighted by molar-refractivity contribution is 5.81. The molecule has 90 valence electrons. The van der Waals surface area contributed by atoms with Crippen molar-refractivity contribution in [3.63, 3.8) is 0 Å². The maximum Gasteiger partial charge on any atom is 0.237 e. The fourth-order valence-electron chi connectivity index (χ4n) is 1.18. The first-order valence-electron chi connectivity index (χ1n) is 5.61. The molecule has 0 aromatic heterocycles. The lowest BCUT2D eigenvalue weighted by Gasteiger charge is -2.15. The van der Waals surface area contributed by atoms with Gasteiger partial charge in [-0.1, -0.05) is 13.8 Å². The van der Waals surface area contributed by atoms with Crippen molar-refractivity contribution in [3.05, 3.63) is 0 Å². The quantitative estimate of drug-likeness (QED) is 0.593. The number of amides is 1. The van der Waals surface area contributed by atoms with Crippen LogP contribution in [0.1, 0.15) is 33.1 Å².